The predicted molar refractivity (Wildman–Crippen MR) is 101 cm³/mol. The molecule has 26 heavy (non-hydrogen) atoms. The minimum atomic E-state index is 0.0357. The molecule has 6 nitrogen and oxygen atoms in total. The molecule has 0 radical (unpaired) electrons. The molecule has 2 heterocycles. The van der Waals surface area contributed by atoms with Gasteiger partial charge in [0, 0.05) is 11.8 Å². The molecule has 0 bridgehead atoms. The Bertz CT molecular complexity index is 1020. The molecule has 2 N–H and O–H groups in total. The lowest BCUT2D eigenvalue weighted by Crippen LogP contribution is -1.94. The highest BCUT2D eigenvalue weighted by Crippen LogP contribution is 2.32. The van der Waals surface area contributed by atoms with E-state index in [-0.39, 0.29) is 6.01 Å². The highest BCUT2D eigenvalue weighted by atomic mass is 16.4. The summed E-state index contributed by atoms with van der Waals surface area (Å²) in [6, 6.07) is 18.3. The van der Waals surface area contributed by atoms with Gasteiger partial charge in [-0.15, -0.1) is 5.10 Å². The third-order valence-corrected chi connectivity index (χ3v) is 4.26. The number of benzene rings is 2. The van der Waals surface area contributed by atoms with Crippen molar-refractivity contribution in [3.05, 3.63) is 66.4 Å². The zero-order valence-electron chi connectivity index (χ0n) is 14.6. The van der Waals surface area contributed by atoms with Crippen LogP contribution in [0.15, 0.2) is 65.2 Å². The Morgan fingerprint density at radius 1 is 0.962 bits per heavy atom. The van der Waals surface area contributed by atoms with Crippen molar-refractivity contribution in [2.45, 2.75) is 19.8 Å². The van der Waals surface area contributed by atoms with Gasteiger partial charge in [-0.05, 0) is 23.6 Å². The molecule has 0 aliphatic heterocycles. The number of nitrogens with zero attached hydrogens (tertiary/aromatic N) is 4. The molecule has 0 saturated carbocycles. The molecule has 130 valence electrons. The Morgan fingerprint density at radius 3 is 2.31 bits per heavy atom. The molecule has 0 aliphatic carbocycles. The molecule has 0 unspecified atom stereocenters. The number of anilines is 1. The summed E-state index contributed by atoms with van der Waals surface area (Å²) >= 11 is 0. The minimum absolute atomic E-state index is 0.0357. The van der Waals surface area contributed by atoms with E-state index in [1.54, 1.807) is 4.68 Å². The van der Waals surface area contributed by atoms with Crippen LogP contribution in [-0.2, 0) is 0 Å². The first-order valence-corrected chi connectivity index (χ1v) is 8.46. The highest BCUT2D eigenvalue weighted by Gasteiger charge is 2.19. The molecule has 0 fully saturated rings. The van der Waals surface area contributed by atoms with Crippen LogP contribution < -0.4 is 5.73 Å². The number of hydrogen-bond donors (Lipinski definition) is 1. The van der Waals surface area contributed by atoms with Crippen molar-refractivity contribution in [1.29, 1.82) is 0 Å². The van der Waals surface area contributed by atoms with Crippen LogP contribution in [0.3, 0.4) is 0 Å². The van der Waals surface area contributed by atoms with Gasteiger partial charge < -0.3 is 10.2 Å². The summed E-state index contributed by atoms with van der Waals surface area (Å²) in [7, 11) is 0. The van der Waals surface area contributed by atoms with Crippen molar-refractivity contribution >= 4 is 6.01 Å². The fraction of sp³-hybridized carbons (Fsp3) is 0.150. The normalized spacial score (nSPS) is 11.2. The number of rotatable bonds is 4. The molecule has 0 saturated heterocycles. The molecule has 4 rings (SSSR count). The van der Waals surface area contributed by atoms with E-state index in [9.17, 15) is 0 Å². The van der Waals surface area contributed by atoms with Crippen LogP contribution in [0.1, 0.15) is 25.3 Å². The number of nitrogen functional groups attached to an aromatic ring is 1. The SMILES string of the molecule is CC(C)c1ccc(-c2nn(-c3ccccc3)cc2-c2nnc(N)o2)cc1. The van der Waals surface area contributed by atoms with E-state index in [0.29, 0.717) is 11.8 Å². The van der Waals surface area contributed by atoms with Crippen LogP contribution in [-0.4, -0.2) is 20.0 Å². The lowest BCUT2D eigenvalue weighted by atomic mass is 10.00. The quantitative estimate of drug-likeness (QED) is 0.596. The number of hydrogen-bond acceptors (Lipinski definition) is 5. The van der Waals surface area contributed by atoms with Gasteiger partial charge in [-0.2, -0.15) is 5.10 Å². The number of para-hydroxylation sites is 1. The van der Waals surface area contributed by atoms with Gasteiger partial charge in [0.05, 0.1) is 11.3 Å². The maximum Gasteiger partial charge on any atom is 0.313 e. The first-order valence-electron chi connectivity index (χ1n) is 8.46. The molecule has 4 aromatic rings. The van der Waals surface area contributed by atoms with Crippen molar-refractivity contribution < 1.29 is 4.42 Å². The van der Waals surface area contributed by atoms with E-state index in [1.807, 2.05) is 36.5 Å². The van der Waals surface area contributed by atoms with Crippen LogP contribution >= 0.6 is 0 Å². The Kier molecular flexibility index (Phi) is 4.01. The zero-order chi connectivity index (χ0) is 18.1. The van der Waals surface area contributed by atoms with Gasteiger partial charge in [0.1, 0.15) is 5.69 Å². The molecule has 2 aromatic carbocycles. The van der Waals surface area contributed by atoms with Crippen LogP contribution in [0.4, 0.5) is 6.01 Å². The lowest BCUT2D eigenvalue weighted by molar-refractivity contribution is 0.590. The van der Waals surface area contributed by atoms with Crippen LogP contribution in [0, 0.1) is 0 Å². The van der Waals surface area contributed by atoms with Crippen molar-refractivity contribution in [2.24, 2.45) is 0 Å². The van der Waals surface area contributed by atoms with Gasteiger partial charge >= 0.3 is 6.01 Å². The monoisotopic (exact) mass is 345 g/mol. The van der Waals surface area contributed by atoms with Gasteiger partial charge in [0.25, 0.3) is 5.89 Å². The molecule has 2 aromatic heterocycles. The molecule has 0 amide bonds. The summed E-state index contributed by atoms with van der Waals surface area (Å²) in [6.07, 6.45) is 1.88. The highest BCUT2D eigenvalue weighted by molar-refractivity contribution is 5.77. The predicted octanol–water partition coefficient (Wildman–Crippen LogP) is 4.29. The van der Waals surface area contributed by atoms with E-state index < -0.39 is 0 Å². The molecule has 6 heteroatoms. The van der Waals surface area contributed by atoms with E-state index in [4.69, 9.17) is 15.2 Å². The lowest BCUT2D eigenvalue weighted by Gasteiger charge is -2.06. The first kappa shape index (κ1) is 16.1. The summed E-state index contributed by atoms with van der Waals surface area (Å²) in [5, 5.41) is 12.6. The summed E-state index contributed by atoms with van der Waals surface area (Å²) in [6.45, 7) is 4.34. The fourth-order valence-electron chi connectivity index (χ4n) is 2.83. The fourth-order valence-corrected chi connectivity index (χ4v) is 2.83. The average molecular weight is 345 g/mol. The summed E-state index contributed by atoms with van der Waals surface area (Å²) in [4.78, 5) is 0. The van der Waals surface area contributed by atoms with E-state index >= 15 is 0 Å². The number of aromatic nitrogens is 4. The van der Waals surface area contributed by atoms with Crippen LogP contribution in [0.2, 0.25) is 0 Å². The van der Waals surface area contributed by atoms with Crippen molar-refractivity contribution in [2.75, 3.05) is 5.73 Å². The zero-order valence-corrected chi connectivity index (χ0v) is 14.6. The second kappa shape index (κ2) is 6.48. The third kappa shape index (κ3) is 2.97. The molecule has 0 spiro atoms. The van der Waals surface area contributed by atoms with Gasteiger partial charge in [-0.1, -0.05) is 61.4 Å². The second-order valence-electron chi connectivity index (χ2n) is 6.39. The molecule has 0 atom stereocenters. The maximum atomic E-state index is 5.61. The van der Waals surface area contributed by atoms with Crippen molar-refractivity contribution in [3.8, 4) is 28.4 Å². The second-order valence-corrected chi connectivity index (χ2v) is 6.39. The number of nitrogens with two attached hydrogens (primary N) is 1. The first-order chi connectivity index (χ1) is 12.6. The van der Waals surface area contributed by atoms with Crippen molar-refractivity contribution in [3.63, 3.8) is 0 Å². The molecular formula is C20H19N5O. The molecular weight excluding hydrogens is 326 g/mol. The summed E-state index contributed by atoms with van der Waals surface area (Å²) in [5.74, 6) is 0.828. The maximum absolute atomic E-state index is 5.61. The van der Waals surface area contributed by atoms with E-state index in [1.165, 1.54) is 5.56 Å². The van der Waals surface area contributed by atoms with Crippen LogP contribution in [0.5, 0.6) is 0 Å². The van der Waals surface area contributed by atoms with Crippen molar-refractivity contribution in [1.82, 2.24) is 20.0 Å². The largest absolute Gasteiger partial charge is 0.403 e. The summed E-state index contributed by atoms with van der Waals surface area (Å²) in [5.41, 5.74) is 10.3. The topological polar surface area (TPSA) is 82.8 Å². The van der Waals surface area contributed by atoms with Gasteiger partial charge in [0.15, 0.2) is 0 Å². The Labute approximate surface area is 151 Å². The average Bonchev–Trinajstić information content (AvgIpc) is 3.29. The Morgan fingerprint density at radius 2 is 1.69 bits per heavy atom. The molecule has 0 aliphatic rings. The Hall–Kier alpha value is -3.41. The smallest absolute Gasteiger partial charge is 0.313 e. The summed E-state index contributed by atoms with van der Waals surface area (Å²) < 4.78 is 7.25. The van der Waals surface area contributed by atoms with Crippen LogP contribution in [0.25, 0.3) is 28.4 Å². The van der Waals surface area contributed by atoms with Gasteiger partial charge in [-0.25, -0.2) is 4.68 Å². The Balaban J connectivity index is 1.85. The standard InChI is InChI=1S/C20H19N5O/c1-13(2)14-8-10-15(11-9-14)18-17(19-22-23-20(21)26-19)12-25(24-18)16-6-4-3-5-7-16/h3-13H,1-2H3,(H2,21,23). The third-order valence-electron chi connectivity index (χ3n) is 4.26. The minimum Gasteiger partial charge on any atom is -0.403 e. The van der Waals surface area contributed by atoms with E-state index in [2.05, 4.69) is 48.3 Å². The van der Waals surface area contributed by atoms with Gasteiger partial charge in [0.2, 0.25) is 0 Å². The van der Waals surface area contributed by atoms with Gasteiger partial charge in [-0.3, -0.25) is 0 Å². The van der Waals surface area contributed by atoms with E-state index in [0.717, 1.165) is 22.5 Å².